The number of hydrogen-bond acceptors (Lipinski definition) is 4. The summed E-state index contributed by atoms with van der Waals surface area (Å²) in [5, 5.41) is 8.25. The first-order valence-electron chi connectivity index (χ1n) is 6.40. The van der Waals surface area contributed by atoms with Crippen LogP contribution in [-0.4, -0.2) is 19.7 Å². The number of nitrogens with one attached hydrogen (secondary N) is 1. The fourth-order valence-corrected chi connectivity index (χ4v) is 1.97. The van der Waals surface area contributed by atoms with E-state index in [0.29, 0.717) is 5.69 Å². The topological polar surface area (TPSA) is 80.6 Å². The van der Waals surface area contributed by atoms with E-state index in [1.807, 2.05) is 36.4 Å². The van der Waals surface area contributed by atoms with Gasteiger partial charge in [-0.2, -0.15) is 10.2 Å². The Morgan fingerprint density at radius 2 is 1.81 bits per heavy atom. The van der Waals surface area contributed by atoms with Crippen LogP contribution in [0.25, 0.3) is 11.3 Å². The molecule has 0 amide bonds. The number of nitrogens with zero attached hydrogens (tertiary/aromatic N) is 3. The molecule has 6 heteroatoms. The summed E-state index contributed by atoms with van der Waals surface area (Å²) >= 11 is 0. The van der Waals surface area contributed by atoms with E-state index in [1.54, 1.807) is 6.07 Å². The van der Waals surface area contributed by atoms with E-state index in [0.717, 1.165) is 11.3 Å². The first kappa shape index (κ1) is 13.0. The summed E-state index contributed by atoms with van der Waals surface area (Å²) in [7, 11) is 0. The Labute approximate surface area is 119 Å². The summed E-state index contributed by atoms with van der Waals surface area (Å²) in [6.07, 6.45) is 2.94. The first-order valence-corrected chi connectivity index (χ1v) is 6.40. The van der Waals surface area contributed by atoms with Gasteiger partial charge in [0.25, 0.3) is 0 Å². The van der Waals surface area contributed by atoms with Gasteiger partial charge in [-0.15, -0.1) is 0 Å². The molecule has 1 aromatic carbocycles. The average Bonchev–Trinajstić information content (AvgIpc) is 2.53. The van der Waals surface area contributed by atoms with Crippen LogP contribution in [0, 0.1) is 0 Å². The summed E-state index contributed by atoms with van der Waals surface area (Å²) in [5.74, 6) is 0. The molecule has 104 valence electrons. The Morgan fingerprint density at radius 1 is 1.00 bits per heavy atom. The average molecular weight is 280 g/mol. The van der Waals surface area contributed by atoms with Gasteiger partial charge in [-0.1, -0.05) is 30.3 Å². The van der Waals surface area contributed by atoms with Crippen molar-refractivity contribution in [3.8, 4) is 11.3 Å². The molecular weight excluding hydrogens is 268 g/mol. The lowest BCUT2D eigenvalue weighted by Crippen LogP contribution is -2.35. The van der Waals surface area contributed by atoms with Crippen molar-refractivity contribution in [3.63, 3.8) is 0 Å². The highest BCUT2D eigenvalue weighted by atomic mass is 16.2. The molecule has 0 saturated heterocycles. The molecule has 21 heavy (non-hydrogen) atoms. The Morgan fingerprint density at radius 3 is 2.52 bits per heavy atom. The van der Waals surface area contributed by atoms with Crippen LogP contribution in [0.4, 0.5) is 0 Å². The molecule has 0 aliphatic rings. The molecule has 0 aliphatic heterocycles. The minimum atomic E-state index is -0.647. The van der Waals surface area contributed by atoms with Crippen LogP contribution >= 0.6 is 0 Å². The molecule has 6 nitrogen and oxygen atoms in total. The van der Waals surface area contributed by atoms with Gasteiger partial charge in [0.2, 0.25) is 0 Å². The van der Waals surface area contributed by atoms with E-state index in [4.69, 9.17) is 0 Å². The zero-order valence-electron chi connectivity index (χ0n) is 11.1. The largest absolute Gasteiger partial charge is 0.323 e. The second kappa shape index (κ2) is 5.54. The minimum absolute atomic E-state index is 0.213. The number of hydrogen-bond donors (Lipinski definition) is 1. The second-order valence-electron chi connectivity index (χ2n) is 4.50. The third-order valence-electron chi connectivity index (χ3n) is 3.05. The number of aromatic nitrogens is 4. The Kier molecular flexibility index (Phi) is 3.42. The Bertz CT molecular complexity index is 851. The minimum Gasteiger partial charge on any atom is -0.323 e. The molecule has 2 aromatic heterocycles. The Balaban J connectivity index is 1.87. The van der Waals surface area contributed by atoms with E-state index in [9.17, 15) is 9.59 Å². The second-order valence-corrected chi connectivity index (χ2v) is 4.50. The molecular formula is C15H12N4O2. The van der Waals surface area contributed by atoms with Crippen LogP contribution in [0.3, 0.4) is 0 Å². The molecule has 0 aliphatic carbocycles. The molecule has 0 bridgehead atoms. The zero-order valence-corrected chi connectivity index (χ0v) is 11.1. The monoisotopic (exact) mass is 280 g/mol. The molecule has 0 spiro atoms. The van der Waals surface area contributed by atoms with Crippen molar-refractivity contribution in [2.75, 3.05) is 0 Å². The van der Waals surface area contributed by atoms with Crippen LogP contribution < -0.4 is 11.1 Å². The molecule has 3 aromatic rings. The van der Waals surface area contributed by atoms with E-state index in [2.05, 4.69) is 15.2 Å². The van der Waals surface area contributed by atoms with Crippen molar-refractivity contribution in [1.29, 1.82) is 0 Å². The van der Waals surface area contributed by atoms with Crippen molar-refractivity contribution >= 4 is 0 Å². The van der Waals surface area contributed by atoms with Crippen LogP contribution in [0.15, 0.2) is 64.4 Å². The van der Waals surface area contributed by atoms with E-state index in [1.165, 1.54) is 17.0 Å². The standard InChI is InChI=1S/C15H12N4O2/c20-14-15(21)19(9-8-16-14)10-12-6-7-13(18-17-12)11-4-2-1-3-5-11/h1-9H,10H2,(H,16,20). The quantitative estimate of drug-likeness (QED) is 0.727. The molecule has 0 radical (unpaired) electrons. The highest BCUT2D eigenvalue weighted by molar-refractivity contribution is 5.57. The fraction of sp³-hybridized carbons (Fsp3) is 0.0667. The maximum atomic E-state index is 11.6. The summed E-state index contributed by atoms with van der Waals surface area (Å²) < 4.78 is 1.30. The third kappa shape index (κ3) is 2.79. The number of rotatable bonds is 3. The van der Waals surface area contributed by atoms with Gasteiger partial charge in [0, 0.05) is 18.0 Å². The van der Waals surface area contributed by atoms with Gasteiger partial charge < -0.3 is 9.55 Å². The Hall–Kier alpha value is -3.02. The molecule has 0 unspecified atom stereocenters. The molecule has 1 N–H and O–H groups in total. The van der Waals surface area contributed by atoms with Gasteiger partial charge in [0.15, 0.2) is 0 Å². The molecule has 0 fully saturated rings. The van der Waals surface area contributed by atoms with Crippen molar-refractivity contribution in [2.45, 2.75) is 6.54 Å². The SMILES string of the molecule is O=c1[nH]ccn(Cc2ccc(-c3ccccc3)nn2)c1=O. The van der Waals surface area contributed by atoms with E-state index < -0.39 is 11.1 Å². The van der Waals surface area contributed by atoms with Gasteiger partial charge >= 0.3 is 11.1 Å². The third-order valence-corrected chi connectivity index (χ3v) is 3.05. The maximum Gasteiger partial charge on any atom is 0.316 e. The zero-order chi connectivity index (χ0) is 14.7. The fourth-order valence-electron chi connectivity index (χ4n) is 1.97. The lowest BCUT2D eigenvalue weighted by Gasteiger charge is -2.04. The number of H-pyrrole nitrogens is 1. The maximum absolute atomic E-state index is 11.6. The lowest BCUT2D eigenvalue weighted by molar-refractivity contribution is 0.708. The molecule has 0 atom stereocenters. The summed E-state index contributed by atoms with van der Waals surface area (Å²) in [6, 6.07) is 13.3. The number of aromatic amines is 1. The highest BCUT2D eigenvalue weighted by Gasteiger charge is 2.04. The van der Waals surface area contributed by atoms with Crippen molar-refractivity contribution in [1.82, 2.24) is 19.7 Å². The smallest absolute Gasteiger partial charge is 0.316 e. The van der Waals surface area contributed by atoms with Crippen LogP contribution in [0.1, 0.15) is 5.69 Å². The summed E-state index contributed by atoms with van der Waals surface area (Å²) in [5.41, 5.74) is 1.10. The van der Waals surface area contributed by atoms with Crippen LogP contribution in [0.2, 0.25) is 0 Å². The molecule has 3 rings (SSSR count). The lowest BCUT2D eigenvalue weighted by atomic mass is 10.1. The summed E-state index contributed by atoms with van der Waals surface area (Å²) in [4.78, 5) is 25.2. The van der Waals surface area contributed by atoms with Gasteiger partial charge in [0.05, 0.1) is 17.9 Å². The van der Waals surface area contributed by atoms with E-state index >= 15 is 0 Å². The van der Waals surface area contributed by atoms with Gasteiger partial charge in [-0.3, -0.25) is 9.59 Å². The van der Waals surface area contributed by atoms with Gasteiger partial charge in [-0.05, 0) is 12.1 Å². The predicted octanol–water partition coefficient (Wildman–Crippen LogP) is 1.04. The first-order chi connectivity index (χ1) is 10.2. The van der Waals surface area contributed by atoms with Gasteiger partial charge in [-0.25, -0.2) is 0 Å². The number of benzene rings is 1. The molecule has 0 saturated carbocycles. The normalized spacial score (nSPS) is 10.5. The van der Waals surface area contributed by atoms with E-state index in [-0.39, 0.29) is 6.54 Å². The highest BCUT2D eigenvalue weighted by Crippen LogP contribution is 2.14. The van der Waals surface area contributed by atoms with Crippen LogP contribution in [-0.2, 0) is 6.54 Å². The van der Waals surface area contributed by atoms with Crippen molar-refractivity contribution in [3.05, 3.63) is 81.3 Å². The van der Waals surface area contributed by atoms with Crippen molar-refractivity contribution < 1.29 is 0 Å². The summed E-state index contributed by atoms with van der Waals surface area (Å²) in [6.45, 7) is 0.213. The predicted molar refractivity (Wildman–Crippen MR) is 77.9 cm³/mol. The van der Waals surface area contributed by atoms with Gasteiger partial charge in [0.1, 0.15) is 0 Å². The van der Waals surface area contributed by atoms with Crippen molar-refractivity contribution in [2.24, 2.45) is 0 Å². The molecule has 2 heterocycles. The van der Waals surface area contributed by atoms with Crippen LogP contribution in [0.5, 0.6) is 0 Å².